The van der Waals surface area contributed by atoms with Crippen molar-refractivity contribution in [2.24, 2.45) is 11.7 Å². The van der Waals surface area contributed by atoms with E-state index in [0.717, 1.165) is 12.8 Å². The number of aliphatic carboxylic acids is 1. The Hall–Kier alpha value is -1.30. The number of nitrogens with two attached hydrogens (primary N) is 1. The SMILES string of the molecule is CCC(CCNC(=O)NCCN)CCC(=O)O. The molecule has 0 aromatic carbocycles. The minimum absolute atomic E-state index is 0.192. The monoisotopic (exact) mass is 245 g/mol. The van der Waals surface area contributed by atoms with Crippen molar-refractivity contribution in [1.82, 2.24) is 10.6 Å². The quantitative estimate of drug-likeness (QED) is 0.475. The molecular formula is C11H23N3O3. The second-order valence-electron chi connectivity index (χ2n) is 3.97. The van der Waals surface area contributed by atoms with Crippen molar-refractivity contribution < 1.29 is 14.7 Å². The van der Waals surface area contributed by atoms with E-state index in [4.69, 9.17) is 10.8 Å². The van der Waals surface area contributed by atoms with Gasteiger partial charge in [0.15, 0.2) is 0 Å². The van der Waals surface area contributed by atoms with Gasteiger partial charge in [0.05, 0.1) is 0 Å². The minimum atomic E-state index is -0.767. The molecule has 0 fully saturated rings. The van der Waals surface area contributed by atoms with Crippen molar-refractivity contribution in [2.45, 2.75) is 32.6 Å². The predicted octanol–water partition coefficient (Wildman–Crippen LogP) is 0.525. The Morgan fingerprint density at radius 2 is 1.88 bits per heavy atom. The number of rotatable bonds is 9. The van der Waals surface area contributed by atoms with E-state index in [-0.39, 0.29) is 12.5 Å². The van der Waals surface area contributed by atoms with Crippen molar-refractivity contribution in [2.75, 3.05) is 19.6 Å². The molecule has 0 aliphatic rings. The Morgan fingerprint density at radius 1 is 1.24 bits per heavy atom. The van der Waals surface area contributed by atoms with Crippen LogP contribution in [0.4, 0.5) is 4.79 Å². The predicted molar refractivity (Wildman–Crippen MR) is 65.7 cm³/mol. The molecule has 0 radical (unpaired) electrons. The highest BCUT2D eigenvalue weighted by atomic mass is 16.4. The maximum absolute atomic E-state index is 11.2. The normalized spacial score (nSPS) is 11.9. The molecule has 5 N–H and O–H groups in total. The summed E-state index contributed by atoms with van der Waals surface area (Å²) in [6, 6.07) is -0.219. The van der Waals surface area contributed by atoms with Gasteiger partial charge in [0.2, 0.25) is 0 Å². The van der Waals surface area contributed by atoms with Crippen LogP contribution in [-0.2, 0) is 4.79 Å². The van der Waals surface area contributed by atoms with Gasteiger partial charge in [0, 0.05) is 26.1 Å². The summed E-state index contributed by atoms with van der Waals surface area (Å²) >= 11 is 0. The number of carboxylic acids is 1. The Kier molecular flexibility index (Phi) is 9.14. The Labute approximate surface area is 102 Å². The number of amides is 2. The maximum atomic E-state index is 11.2. The third-order valence-corrected chi connectivity index (χ3v) is 2.61. The van der Waals surface area contributed by atoms with E-state index in [1.165, 1.54) is 0 Å². The van der Waals surface area contributed by atoms with Crippen molar-refractivity contribution in [3.05, 3.63) is 0 Å². The number of carbonyl (C=O) groups is 2. The Balaban J connectivity index is 3.61. The van der Waals surface area contributed by atoms with E-state index < -0.39 is 5.97 Å². The highest BCUT2D eigenvalue weighted by Crippen LogP contribution is 2.14. The van der Waals surface area contributed by atoms with Crippen molar-refractivity contribution in [3.8, 4) is 0 Å². The Bertz CT molecular complexity index is 234. The summed E-state index contributed by atoms with van der Waals surface area (Å²) in [5, 5.41) is 13.9. The molecule has 6 heteroatoms. The molecule has 0 spiro atoms. The van der Waals surface area contributed by atoms with Gasteiger partial charge in [0.25, 0.3) is 0 Å². The fraction of sp³-hybridized carbons (Fsp3) is 0.818. The first-order chi connectivity index (χ1) is 8.10. The second kappa shape index (κ2) is 9.89. The van der Waals surface area contributed by atoms with Gasteiger partial charge in [-0.3, -0.25) is 4.79 Å². The summed E-state index contributed by atoms with van der Waals surface area (Å²) < 4.78 is 0. The van der Waals surface area contributed by atoms with Crippen molar-refractivity contribution in [1.29, 1.82) is 0 Å². The summed E-state index contributed by atoms with van der Waals surface area (Å²) in [4.78, 5) is 21.6. The third-order valence-electron chi connectivity index (χ3n) is 2.61. The van der Waals surface area contributed by atoms with E-state index in [1.807, 2.05) is 6.92 Å². The number of hydrogen-bond acceptors (Lipinski definition) is 3. The third kappa shape index (κ3) is 9.62. The Morgan fingerprint density at radius 3 is 2.41 bits per heavy atom. The summed E-state index contributed by atoms with van der Waals surface area (Å²) in [5.74, 6) is -0.419. The number of urea groups is 1. The molecule has 100 valence electrons. The molecule has 6 nitrogen and oxygen atoms in total. The highest BCUT2D eigenvalue weighted by Gasteiger charge is 2.09. The van der Waals surface area contributed by atoms with Crippen LogP contribution in [0.15, 0.2) is 0 Å². The molecule has 0 aromatic heterocycles. The molecule has 0 aliphatic carbocycles. The molecule has 0 saturated heterocycles. The summed E-state index contributed by atoms with van der Waals surface area (Å²) in [5.41, 5.74) is 5.25. The highest BCUT2D eigenvalue weighted by molar-refractivity contribution is 5.73. The van der Waals surface area contributed by atoms with Crippen LogP contribution >= 0.6 is 0 Å². The van der Waals surface area contributed by atoms with Gasteiger partial charge in [-0.2, -0.15) is 0 Å². The molecule has 0 saturated carbocycles. The zero-order valence-corrected chi connectivity index (χ0v) is 10.4. The van der Waals surface area contributed by atoms with Crippen LogP contribution in [0.5, 0.6) is 0 Å². The average Bonchev–Trinajstić information content (AvgIpc) is 2.30. The first-order valence-corrected chi connectivity index (χ1v) is 6.03. The van der Waals surface area contributed by atoms with Gasteiger partial charge in [-0.1, -0.05) is 13.3 Å². The zero-order chi connectivity index (χ0) is 13.1. The molecule has 1 atom stereocenters. The van der Waals surface area contributed by atoms with Gasteiger partial charge in [-0.15, -0.1) is 0 Å². The van der Waals surface area contributed by atoms with Crippen LogP contribution in [-0.4, -0.2) is 36.7 Å². The van der Waals surface area contributed by atoms with E-state index in [0.29, 0.717) is 32.0 Å². The van der Waals surface area contributed by atoms with E-state index >= 15 is 0 Å². The van der Waals surface area contributed by atoms with E-state index in [1.54, 1.807) is 0 Å². The van der Waals surface area contributed by atoms with Crippen LogP contribution in [0.1, 0.15) is 32.6 Å². The smallest absolute Gasteiger partial charge is 0.314 e. The van der Waals surface area contributed by atoms with E-state index in [9.17, 15) is 9.59 Å². The molecule has 2 amide bonds. The molecular weight excluding hydrogens is 222 g/mol. The lowest BCUT2D eigenvalue weighted by molar-refractivity contribution is -0.137. The summed E-state index contributed by atoms with van der Waals surface area (Å²) in [7, 11) is 0. The average molecular weight is 245 g/mol. The summed E-state index contributed by atoms with van der Waals surface area (Å²) in [6.07, 6.45) is 2.59. The number of carbonyl (C=O) groups excluding carboxylic acids is 1. The van der Waals surface area contributed by atoms with Crippen LogP contribution in [0, 0.1) is 5.92 Å². The van der Waals surface area contributed by atoms with Gasteiger partial charge in [-0.05, 0) is 18.8 Å². The lowest BCUT2D eigenvalue weighted by Gasteiger charge is -2.14. The van der Waals surface area contributed by atoms with Crippen LogP contribution in [0.25, 0.3) is 0 Å². The topological polar surface area (TPSA) is 104 Å². The molecule has 17 heavy (non-hydrogen) atoms. The van der Waals surface area contributed by atoms with Gasteiger partial charge < -0.3 is 21.5 Å². The number of hydrogen-bond donors (Lipinski definition) is 4. The number of nitrogens with one attached hydrogen (secondary N) is 2. The van der Waals surface area contributed by atoms with Crippen LogP contribution in [0.2, 0.25) is 0 Å². The molecule has 0 aliphatic heterocycles. The minimum Gasteiger partial charge on any atom is -0.481 e. The largest absolute Gasteiger partial charge is 0.481 e. The van der Waals surface area contributed by atoms with Crippen molar-refractivity contribution in [3.63, 3.8) is 0 Å². The molecule has 0 heterocycles. The molecule has 0 bridgehead atoms. The lowest BCUT2D eigenvalue weighted by Crippen LogP contribution is -2.38. The van der Waals surface area contributed by atoms with Gasteiger partial charge in [0.1, 0.15) is 0 Å². The lowest BCUT2D eigenvalue weighted by atomic mass is 9.97. The van der Waals surface area contributed by atoms with Crippen LogP contribution in [0.3, 0.4) is 0 Å². The van der Waals surface area contributed by atoms with Gasteiger partial charge >= 0.3 is 12.0 Å². The zero-order valence-electron chi connectivity index (χ0n) is 10.4. The maximum Gasteiger partial charge on any atom is 0.314 e. The summed E-state index contributed by atoms with van der Waals surface area (Å²) in [6.45, 7) is 3.47. The molecule has 0 rings (SSSR count). The first-order valence-electron chi connectivity index (χ1n) is 6.03. The second-order valence-corrected chi connectivity index (χ2v) is 3.97. The molecule has 1 unspecified atom stereocenters. The van der Waals surface area contributed by atoms with Gasteiger partial charge in [-0.25, -0.2) is 4.79 Å². The first kappa shape index (κ1) is 15.7. The van der Waals surface area contributed by atoms with Crippen LogP contribution < -0.4 is 16.4 Å². The standard InChI is InChI=1S/C11H23N3O3/c1-2-9(3-4-10(15)16)5-7-13-11(17)14-8-6-12/h9H,2-8,12H2,1H3,(H,15,16)(H2,13,14,17). The molecule has 0 aromatic rings. The number of carboxylic acid groups (broad SMARTS) is 1. The fourth-order valence-corrected chi connectivity index (χ4v) is 1.52. The van der Waals surface area contributed by atoms with E-state index in [2.05, 4.69) is 10.6 Å². The fourth-order valence-electron chi connectivity index (χ4n) is 1.52. The van der Waals surface area contributed by atoms with Crippen molar-refractivity contribution >= 4 is 12.0 Å².